The highest BCUT2D eigenvalue weighted by Gasteiger charge is 2.27. The van der Waals surface area contributed by atoms with Gasteiger partial charge in [-0.3, -0.25) is 4.98 Å². The fourth-order valence-electron chi connectivity index (χ4n) is 3.46. The first-order chi connectivity index (χ1) is 13.6. The number of nitrogens with two attached hydrogens (primary N) is 1. The van der Waals surface area contributed by atoms with Crippen LogP contribution < -0.4 is 10.6 Å². The second-order valence-corrected chi connectivity index (χ2v) is 8.58. The van der Waals surface area contributed by atoms with E-state index in [4.69, 9.17) is 10.7 Å². The van der Waals surface area contributed by atoms with Crippen molar-refractivity contribution in [2.24, 2.45) is 5.73 Å². The Morgan fingerprint density at radius 3 is 2.79 bits per heavy atom. The molecule has 1 aromatic carbocycles. The van der Waals surface area contributed by atoms with E-state index in [1.807, 2.05) is 18.3 Å². The first-order valence-corrected chi connectivity index (χ1v) is 10.2. The first-order valence-electron chi connectivity index (χ1n) is 9.36. The summed E-state index contributed by atoms with van der Waals surface area (Å²) in [7, 11) is 0. The number of pyridine rings is 1. The number of benzene rings is 1. The van der Waals surface area contributed by atoms with Gasteiger partial charge >= 0.3 is 0 Å². The predicted octanol–water partition coefficient (Wildman–Crippen LogP) is 3.37. The molecule has 0 amide bonds. The second-order valence-electron chi connectivity index (χ2n) is 7.52. The van der Waals surface area contributed by atoms with Crippen LogP contribution in [0.15, 0.2) is 52.6 Å². The summed E-state index contributed by atoms with van der Waals surface area (Å²) in [6.45, 7) is 3.88. The lowest BCUT2D eigenvalue weighted by Gasteiger charge is -2.36. The molecular weight excluding hydrogens is 370 g/mol. The molecule has 0 radical (unpaired) electrons. The quantitative estimate of drug-likeness (QED) is 0.553. The topological polar surface area (TPSA) is 96.6 Å². The molecule has 0 saturated carbocycles. The van der Waals surface area contributed by atoms with Crippen LogP contribution in [0.4, 0.5) is 5.95 Å². The number of fused-ring (bicyclic) bond motifs is 2. The number of anilines is 1. The van der Waals surface area contributed by atoms with E-state index < -0.39 is 0 Å². The van der Waals surface area contributed by atoms with Crippen LogP contribution in [0.25, 0.3) is 22.2 Å². The van der Waals surface area contributed by atoms with Gasteiger partial charge in [0.1, 0.15) is 5.03 Å². The molecule has 1 fully saturated rings. The Kier molecular flexibility index (Phi) is 4.17. The largest absolute Gasteiger partial charge is 0.342 e. The zero-order valence-corrected chi connectivity index (χ0v) is 16.4. The number of H-pyrrole nitrogens is 1. The van der Waals surface area contributed by atoms with Crippen LogP contribution in [-0.2, 0) is 0 Å². The molecule has 0 atom stereocenters. The van der Waals surface area contributed by atoms with E-state index in [1.165, 1.54) is 0 Å². The average molecular weight is 392 g/mol. The van der Waals surface area contributed by atoms with Gasteiger partial charge in [-0.25, -0.2) is 9.97 Å². The molecule has 28 heavy (non-hydrogen) atoms. The van der Waals surface area contributed by atoms with Crippen LogP contribution >= 0.6 is 11.8 Å². The lowest BCUT2D eigenvalue weighted by Crippen LogP contribution is -2.48. The number of para-hydroxylation sites is 1. The maximum atomic E-state index is 6.24. The zero-order valence-electron chi connectivity index (χ0n) is 15.6. The van der Waals surface area contributed by atoms with Gasteiger partial charge in [0, 0.05) is 35.1 Å². The zero-order chi connectivity index (χ0) is 19.1. The van der Waals surface area contributed by atoms with Crippen LogP contribution in [0.3, 0.4) is 0 Å². The maximum absolute atomic E-state index is 6.24. The molecule has 0 unspecified atom stereocenters. The van der Waals surface area contributed by atoms with E-state index in [-0.39, 0.29) is 5.54 Å². The molecule has 3 N–H and O–H groups in total. The average Bonchev–Trinajstić information content (AvgIpc) is 3.11. The first kappa shape index (κ1) is 17.4. The highest BCUT2D eigenvalue weighted by Crippen LogP contribution is 2.32. The van der Waals surface area contributed by atoms with Crippen molar-refractivity contribution in [2.45, 2.75) is 35.2 Å². The minimum atomic E-state index is -0.0880. The molecule has 3 aromatic heterocycles. The van der Waals surface area contributed by atoms with E-state index in [1.54, 1.807) is 18.0 Å². The third-order valence-electron chi connectivity index (χ3n) is 5.19. The van der Waals surface area contributed by atoms with Crippen molar-refractivity contribution in [3.63, 3.8) is 0 Å². The molecular formula is C20H21N7S. The molecule has 8 heteroatoms. The van der Waals surface area contributed by atoms with Gasteiger partial charge in [0.15, 0.2) is 11.3 Å². The summed E-state index contributed by atoms with van der Waals surface area (Å²) in [5, 5.41) is 1.91. The monoisotopic (exact) mass is 391 g/mol. The summed E-state index contributed by atoms with van der Waals surface area (Å²) in [6.07, 6.45) is 5.48. The minimum absolute atomic E-state index is 0.0880. The van der Waals surface area contributed by atoms with Crippen molar-refractivity contribution in [2.75, 3.05) is 18.0 Å². The smallest absolute Gasteiger partial charge is 0.206 e. The van der Waals surface area contributed by atoms with Gasteiger partial charge in [0.05, 0.1) is 11.7 Å². The molecule has 0 bridgehead atoms. The fourth-order valence-corrected chi connectivity index (χ4v) is 4.34. The summed E-state index contributed by atoms with van der Waals surface area (Å²) >= 11 is 1.56. The number of piperidine rings is 1. The Hall–Kier alpha value is -2.71. The van der Waals surface area contributed by atoms with Gasteiger partial charge in [-0.05, 0) is 31.9 Å². The molecule has 1 saturated heterocycles. The van der Waals surface area contributed by atoms with Gasteiger partial charge in [-0.15, -0.1) is 0 Å². The normalized spacial score (nSPS) is 16.7. The van der Waals surface area contributed by atoms with Crippen LogP contribution in [-0.4, -0.2) is 43.5 Å². The Balaban J connectivity index is 1.42. The summed E-state index contributed by atoms with van der Waals surface area (Å²) in [4.78, 5) is 25.0. The Morgan fingerprint density at radius 1 is 1.11 bits per heavy atom. The molecule has 142 valence electrons. The minimum Gasteiger partial charge on any atom is -0.342 e. The third-order valence-corrected chi connectivity index (χ3v) is 6.14. The molecule has 4 heterocycles. The molecule has 0 spiro atoms. The predicted molar refractivity (Wildman–Crippen MR) is 112 cm³/mol. The molecule has 1 aliphatic rings. The molecule has 7 nitrogen and oxygen atoms in total. The number of hydrogen-bond donors (Lipinski definition) is 2. The van der Waals surface area contributed by atoms with E-state index in [0.717, 1.165) is 52.7 Å². The fraction of sp³-hybridized carbons (Fsp3) is 0.300. The highest BCUT2D eigenvalue weighted by molar-refractivity contribution is 7.99. The molecule has 0 aliphatic carbocycles. The number of imidazole rings is 1. The van der Waals surface area contributed by atoms with Crippen molar-refractivity contribution in [1.29, 1.82) is 0 Å². The van der Waals surface area contributed by atoms with Crippen molar-refractivity contribution in [3.8, 4) is 0 Å². The SMILES string of the molecule is CC1(N)CCN(c2nc3nc(Sc4cccc5cccnc45)cnc3[nH]2)CC1. The number of aromatic amines is 1. The number of hydrogen-bond acceptors (Lipinski definition) is 7. The van der Waals surface area contributed by atoms with Gasteiger partial charge in [-0.2, -0.15) is 4.98 Å². The Labute approximate surface area is 166 Å². The Bertz CT molecular complexity index is 1140. The summed E-state index contributed by atoms with van der Waals surface area (Å²) in [6, 6.07) is 10.2. The summed E-state index contributed by atoms with van der Waals surface area (Å²) in [5.74, 6) is 0.819. The van der Waals surface area contributed by atoms with E-state index in [2.05, 4.69) is 50.0 Å². The molecule has 1 aliphatic heterocycles. The second kappa shape index (κ2) is 6.72. The summed E-state index contributed by atoms with van der Waals surface area (Å²) < 4.78 is 0. The van der Waals surface area contributed by atoms with Crippen LogP contribution in [0, 0.1) is 0 Å². The lowest BCUT2D eigenvalue weighted by atomic mass is 9.91. The summed E-state index contributed by atoms with van der Waals surface area (Å²) in [5.41, 5.74) is 8.46. The third kappa shape index (κ3) is 3.29. The number of nitrogens with zero attached hydrogens (tertiary/aromatic N) is 5. The lowest BCUT2D eigenvalue weighted by molar-refractivity contribution is 0.362. The van der Waals surface area contributed by atoms with Crippen molar-refractivity contribution in [1.82, 2.24) is 24.9 Å². The van der Waals surface area contributed by atoms with Gasteiger partial charge in [0.2, 0.25) is 5.95 Å². The number of rotatable bonds is 3. The van der Waals surface area contributed by atoms with Gasteiger partial charge < -0.3 is 15.6 Å². The van der Waals surface area contributed by atoms with Gasteiger partial charge in [-0.1, -0.05) is 30.0 Å². The maximum Gasteiger partial charge on any atom is 0.206 e. The van der Waals surface area contributed by atoms with Crippen molar-refractivity contribution < 1.29 is 0 Å². The van der Waals surface area contributed by atoms with Crippen LogP contribution in [0.2, 0.25) is 0 Å². The standard InChI is InChI=1S/C20H21N7S/c1-20(21)7-10-27(11-8-20)19-25-17-18(26-19)24-15(12-23-17)28-14-6-2-4-13-5-3-9-22-16(13)14/h2-6,9,12H,7-8,10-11,21H2,1H3,(H,23,24,25,26). The highest BCUT2D eigenvalue weighted by atomic mass is 32.2. The van der Waals surface area contributed by atoms with E-state index in [0.29, 0.717) is 11.3 Å². The van der Waals surface area contributed by atoms with Crippen LogP contribution in [0.1, 0.15) is 19.8 Å². The number of aromatic nitrogens is 5. The number of nitrogens with one attached hydrogen (secondary N) is 1. The molecule has 5 rings (SSSR count). The van der Waals surface area contributed by atoms with E-state index in [9.17, 15) is 0 Å². The van der Waals surface area contributed by atoms with Gasteiger partial charge in [0.25, 0.3) is 0 Å². The van der Waals surface area contributed by atoms with Crippen molar-refractivity contribution >= 4 is 39.9 Å². The van der Waals surface area contributed by atoms with Crippen molar-refractivity contribution in [3.05, 3.63) is 42.7 Å². The van der Waals surface area contributed by atoms with E-state index >= 15 is 0 Å². The van der Waals surface area contributed by atoms with Crippen LogP contribution in [0.5, 0.6) is 0 Å². The Morgan fingerprint density at radius 2 is 1.93 bits per heavy atom. The molecule has 4 aromatic rings.